The van der Waals surface area contributed by atoms with E-state index in [9.17, 15) is 57.0 Å². The van der Waals surface area contributed by atoms with Crippen molar-refractivity contribution in [1.82, 2.24) is 40.0 Å². The number of pyridine rings is 2. The molecule has 4 aromatic rings. The molecule has 2 saturated heterocycles. The van der Waals surface area contributed by atoms with Gasteiger partial charge in [-0.15, -0.1) is 10.2 Å². The van der Waals surface area contributed by atoms with E-state index in [-0.39, 0.29) is 22.8 Å². The molecular weight excluding hydrogens is 793 g/mol. The molecule has 0 radical (unpaired) electrons. The topological polar surface area (TPSA) is 227 Å². The Hall–Kier alpha value is -3.23. The SMILES string of the molecule is OCC1O[C@@H](S[C@@H]2O[C@H](CO)C(O)C(n3cc(-c4ncc(C(F)(F)F)cc4Cl)nn3)[C@H]2O)[C@@H](O)C(n2cc(-c3ncc(C(F)(F)F)cc3Cl)nn2)[C@H]1O. The van der Waals surface area contributed by atoms with Crippen molar-refractivity contribution in [3.63, 3.8) is 0 Å². The van der Waals surface area contributed by atoms with Crippen LogP contribution in [0.2, 0.25) is 10.0 Å². The number of nitrogens with zero attached hydrogens (tertiary/aromatic N) is 8. The fraction of sp³-hybridized carbons (Fsp3) is 0.500. The standard InChI is InChI=1S/C28H26Cl2F6N8O8S/c29-11-1-9(27(31,32)33)3-37-17(11)13-5-43(41-39-13)19-21(47)15(7-45)51-25(23(19)49)53-26-24(50)20(22(48)16(8-46)52-26)44-6-14(40-42-44)18-12(30)2-10(4-38-18)28(34,35)36/h1-6,15-16,19-26,45-50H,7-8H2/t15-,16?,19?,20?,21?,22+,23-,24+,25+,26+/m1/s1. The van der Waals surface area contributed by atoms with E-state index in [1.807, 2.05) is 0 Å². The third-order valence-electron chi connectivity index (χ3n) is 8.42. The monoisotopic (exact) mass is 818 g/mol. The molecule has 0 aromatic carbocycles. The molecule has 0 spiro atoms. The average Bonchev–Trinajstić information content (AvgIpc) is 3.77. The Morgan fingerprint density at radius 1 is 0.660 bits per heavy atom. The first kappa shape index (κ1) is 39.5. The van der Waals surface area contributed by atoms with Gasteiger partial charge in [-0.1, -0.05) is 45.4 Å². The minimum absolute atomic E-state index is 0.131. The largest absolute Gasteiger partial charge is 0.417 e. The van der Waals surface area contributed by atoms with E-state index in [1.165, 1.54) is 0 Å². The second-order valence-electron chi connectivity index (χ2n) is 11.8. The molecular formula is C28H26Cl2F6N8O8S. The maximum Gasteiger partial charge on any atom is 0.417 e. The number of hydrogen-bond acceptors (Lipinski definition) is 15. The minimum Gasteiger partial charge on any atom is -0.394 e. The molecule has 25 heteroatoms. The lowest BCUT2D eigenvalue weighted by Crippen LogP contribution is -2.58. The fourth-order valence-electron chi connectivity index (χ4n) is 5.74. The Bertz CT molecular complexity index is 1790. The summed E-state index contributed by atoms with van der Waals surface area (Å²) < 4.78 is 92.0. The molecule has 0 amide bonds. The quantitative estimate of drug-likeness (QED) is 0.139. The summed E-state index contributed by atoms with van der Waals surface area (Å²) in [6.07, 6.45) is -15.6. The molecule has 0 aliphatic carbocycles. The predicted octanol–water partition coefficient (Wildman–Crippen LogP) is 1.73. The lowest BCUT2D eigenvalue weighted by molar-refractivity contribution is -0.189. The lowest BCUT2D eigenvalue weighted by Gasteiger charge is -2.46. The van der Waals surface area contributed by atoms with Gasteiger partial charge in [0, 0.05) is 12.4 Å². The first-order chi connectivity index (χ1) is 24.9. The summed E-state index contributed by atoms with van der Waals surface area (Å²) in [5, 5.41) is 79.5. The van der Waals surface area contributed by atoms with Gasteiger partial charge in [-0.25, -0.2) is 9.36 Å². The second-order valence-corrected chi connectivity index (χ2v) is 13.8. The number of halogens is 8. The number of ether oxygens (including phenoxy) is 2. The summed E-state index contributed by atoms with van der Waals surface area (Å²) in [6.45, 7) is -1.57. The van der Waals surface area contributed by atoms with Crippen molar-refractivity contribution in [2.45, 2.75) is 71.9 Å². The number of aromatic nitrogens is 8. The van der Waals surface area contributed by atoms with Crippen LogP contribution in [0.25, 0.3) is 22.8 Å². The molecule has 0 saturated carbocycles. The van der Waals surface area contributed by atoms with Gasteiger partial charge < -0.3 is 40.1 Å². The zero-order valence-electron chi connectivity index (χ0n) is 26.2. The Morgan fingerprint density at radius 2 is 1.04 bits per heavy atom. The Morgan fingerprint density at radius 3 is 1.36 bits per heavy atom. The number of thioether (sulfide) groups is 1. The van der Waals surface area contributed by atoms with Crippen LogP contribution < -0.4 is 0 Å². The molecule has 2 aliphatic heterocycles. The molecule has 16 nitrogen and oxygen atoms in total. The average molecular weight is 820 g/mol. The van der Waals surface area contributed by atoms with Crippen molar-refractivity contribution in [2.24, 2.45) is 0 Å². The van der Waals surface area contributed by atoms with Crippen LogP contribution in [0.4, 0.5) is 26.3 Å². The van der Waals surface area contributed by atoms with Gasteiger partial charge >= 0.3 is 12.4 Å². The smallest absolute Gasteiger partial charge is 0.394 e. The van der Waals surface area contributed by atoms with Gasteiger partial charge in [0.05, 0.1) is 46.8 Å². The Kier molecular flexibility index (Phi) is 11.3. The van der Waals surface area contributed by atoms with Crippen LogP contribution in [-0.4, -0.2) is 131 Å². The summed E-state index contributed by atoms with van der Waals surface area (Å²) in [6, 6.07) is -1.59. The molecule has 2 aliphatic rings. The molecule has 288 valence electrons. The Balaban J connectivity index is 1.24. The third-order valence-corrected chi connectivity index (χ3v) is 10.3. The fourth-order valence-corrected chi connectivity index (χ4v) is 7.59. The van der Waals surface area contributed by atoms with E-state index in [0.29, 0.717) is 36.3 Å². The minimum atomic E-state index is -4.72. The van der Waals surface area contributed by atoms with E-state index < -0.39 is 106 Å². The van der Waals surface area contributed by atoms with Crippen molar-refractivity contribution in [2.75, 3.05) is 13.2 Å². The zero-order valence-corrected chi connectivity index (χ0v) is 28.5. The highest BCUT2D eigenvalue weighted by molar-refractivity contribution is 8.00. The molecule has 4 aromatic heterocycles. The van der Waals surface area contributed by atoms with E-state index in [1.54, 1.807) is 0 Å². The molecule has 2 fully saturated rings. The highest BCUT2D eigenvalue weighted by atomic mass is 35.5. The van der Waals surface area contributed by atoms with Crippen molar-refractivity contribution in [1.29, 1.82) is 0 Å². The number of rotatable bonds is 8. The molecule has 6 rings (SSSR count). The predicted molar refractivity (Wildman–Crippen MR) is 168 cm³/mol. The highest BCUT2D eigenvalue weighted by Gasteiger charge is 2.52. The van der Waals surface area contributed by atoms with Gasteiger partial charge in [0.15, 0.2) is 0 Å². The summed E-state index contributed by atoms with van der Waals surface area (Å²) >= 11 is 12.7. The van der Waals surface area contributed by atoms with Gasteiger partial charge in [0.25, 0.3) is 0 Å². The summed E-state index contributed by atoms with van der Waals surface area (Å²) in [7, 11) is 0. The van der Waals surface area contributed by atoms with Crippen LogP contribution in [0.15, 0.2) is 36.9 Å². The number of aliphatic hydroxyl groups excluding tert-OH is 6. The molecule has 6 heterocycles. The van der Waals surface area contributed by atoms with Crippen LogP contribution in [0.3, 0.4) is 0 Å². The maximum absolute atomic E-state index is 13.1. The number of aliphatic hydroxyl groups is 6. The first-order valence-electron chi connectivity index (χ1n) is 15.1. The van der Waals surface area contributed by atoms with Crippen LogP contribution in [-0.2, 0) is 21.8 Å². The first-order valence-corrected chi connectivity index (χ1v) is 16.8. The van der Waals surface area contributed by atoms with E-state index >= 15 is 0 Å². The van der Waals surface area contributed by atoms with Crippen LogP contribution in [0, 0.1) is 0 Å². The van der Waals surface area contributed by atoms with Crippen LogP contribution in [0.1, 0.15) is 23.2 Å². The normalized spacial score (nSPS) is 29.8. The molecule has 6 N–H and O–H groups in total. The van der Waals surface area contributed by atoms with Gasteiger partial charge in [0.2, 0.25) is 0 Å². The van der Waals surface area contributed by atoms with Crippen molar-refractivity contribution in [3.8, 4) is 22.8 Å². The van der Waals surface area contributed by atoms with Gasteiger partial charge in [-0.2, -0.15) is 26.3 Å². The summed E-state index contributed by atoms with van der Waals surface area (Å²) in [4.78, 5) is 7.44. The molecule has 53 heavy (non-hydrogen) atoms. The maximum atomic E-state index is 13.1. The van der Waals surface area contributed by atoms with Crippen LogP contribution in [0.5, 0.6) is 0 Å². The third kappa shape index (κ3) is 7.82. The summed E-state index contributed by atoms with van der Waals surface area (Å²) in [5.74, 6) is 0. The number of hydrogen-bond donors (Lipinski definition) is 6. The Labute approximate surface area is 306 Å². The molecule has 4 unspecified atom stereocenters. The van der Waals surface area contributed by atoms with Gasteiger partial charge in [-0.3, -0.25) is 9.97 Å². The zero-order chi connectivity index (χ0) is 38.6. The summed E-state index contributed by atoms with van der Waals surface area (Å²) in [5.41, 5.74) is -5.75. The van der Waals surface area contributed by atoms with E-state index in [4.69, 9.17) is 32.7 Å². The lowest BCUT2D eigenvalue weighted by atomic mass is 9.97. The van der Waals surface area contributed by atoms with Crippen molar-refractivity contribution in [3.05, 3.63) is 58.1 Å². The van der Waals surface area contributed by atoms with E-state index in [2.05, 4.69) is 30.6 Å². The molecule has 0 bridgehead atoms. The van der Waals surface area contributed by atoms with Crippen molar-refractivity contribution < 1.29 is 66.5 Å². The molecule has 10 atom stereocenters. The highest BCUT2D eigenvalue weighted by Crippen LogP contribution is 2.43. The number of alkyl halides is 6. The van der Waals surface area contributed by atoms with Crippen LogP contribution >= 0.6 is 35.0 Å². The van der Waals surface area contributed by atoms with E-state index in [0.717, 1.165) is 21.8 Å². The van der Waals surface area contributed by atoms with Gasteiger partial charge in [-0.05, 0) is 12.1 Å². The van der Waals surface area contributed by atoms with Crippen molar-refractivity contribution >= 4 is 35.0 Å². The van der Waals surface area contributed by atoms with Gasteiger partial charge in [0.1, 0.15) is 82.4 Å². The second kappa shape index (κ2) is 15.1.